The van der Waals surface area contributed by atoms with Crippen molar-refractivity contribution in [3.63, 3.8) is 0 Å². The average Bonchev–Trinajstić information content (AvgIpc) is 3.75. The highest BCUT2D eigenvalue weighted by atomic mass is 16.6. The Morgan fingerprint density at radius 3 is 2.55 bits per heavy atom. The number of ether oxygens (including phenoxy) is 3. The Hall–Kier alpha value is -4.38. The summed E-state index contributed by atoms with van der Waals surface area (Å²) in [6, 6.07) is 13.3. The number of aromatic nitrogens is 2. The van der Waals surface area contributed by atoms with Crippen molar-refractivity contribution >= 4 is 24.1 Å². The van der Waals surface area contributed by atoms with E-state index >= 15 is 0 Å². The normalized spacial score (nSPS) is 19.3. The summed E-state index contributed by atoms with van der Waals surface area (Å²) in [6.07, 6.45) is 3.36. The van der Waals surface area contributed by atoms with Crippen LogP contribution in [0.4, 0.5) is 10.6 Å². The number of aldehydes is 1. The first-order valence-electron chi connectivity index (χ1n) is 14.1. The summed E-state index contributed by atoms with van der Waals surface area (Å²) in [5.74, 6) is 1.06. The Labute approximate surface area is 245 Å². The summed E-state index contributed by atoms with van der Waals surface area (Å²) in [5, 5.41) is 13.4. The van der Waals surface area contributed by atoms with Gasteiger partial charge in [-0.25, -0.2) is 14.8 Å². The molecule has 1 saturated carbocycles. The molecule has 0 aliphatic heterocycles. The SMILES string of the molecule is COc1cc(OCc2ccccc2)c(C=O)c2c1CC(C(=O)Nc1cc([C@H]3CC[C@@H](OC(=O)N(C)N(C)C)C3)[nH]n1)C2. The number of nitrogens with zero attached hydrogens (tertiary/aromatic N) is 3. The van der Waals surface area contributed by atoms with Crippen LogP contribution < -0.4 is 14.8 Å². The molecule has 0 bridgehead atoms. The molecule has 5 rings (SSSR count). The van der Waals surface area contributed by atoms with E-state index in [-0.39, 0.29) is 29.9 Å². The Morgan fingerprint density at radius 1 is 1.07 bits per heavy atom. The van der Waals surface area contributed by atoms with E-state index in [4.69, 9.17) is 14.2 Å². The van der Waals surface area contributed by atoms with Gasteiger partial charge in [0.05, 0.1) is 12.7 Å². The molecule has 2 N–H and O–H groups in total. The van der Waals surface area contributed by atoms with Crippen molar-refractivity contribution in [1.29, 1.82) is 0 Å². The van der Waals surface area contributed by atoms with Crippen molar-refractivity contribution in [2.45, 2.75) is 50.7 Å². The van der Waals surface area contributed by atoms with Gasteiger partial charge in [0.1, 0.15) is 24.2 Å². The summed E-state index contributed by atoms with van der Waals surface area (Å²) in [5.41, 5.74) is 3.95. The van der Waals surface area contributed by atoms with Gasteiger partial charge in [0.25, 0.3) is 0 Å². The molecule has 0 radical (unpaired) electrons. The van der Waals surface area contributed by atoms with Gasteiger partial charge in [0.2, 0.25) is 5.91 Å². The Kier molecular flexibility index (Phi) is 8.77. The van der Waals surface area contributed by atoms with E-state index in [1.54, 1.807) is 39.3 Å². The highest BCUT2D eigenvalue weighted by Crippen LogP contribution is 2.41. The minimum Gasteiger partial charge on any atom is -0.496 e. The van der Waals surface area contributed by atoms with Crippen LogP contribution in [-0.4, -0.2) is 72.9 Å². The maximum Gasteiger partial charge on any atom is 0.424 e. The predicted molar refractivity (Wildman–Crippen MR) is 156 cm³/mol. The molecule has 2 aliphatic carbocycles. The van der Waals surface area contributed by atoms with Crippen LogP contribution in [0.3, 0.4) is 0 Å². The molecule has 0 saturated heterocycles. The van der Waals surface area contributed by atoms with Crippen LogP contribution in [-0.2, 0) is 29.0 Å². The van der Waals surface area contributed by atoms with Crippen molar-refractivity contribution in [3.05, 3.63) is 70.4 Å². The monoisotopic (exact) mass is 575 g/mol. The van der Waals surface area contributed by atoms with Crippen LogP contribution in [0.5, 0.6) is 11.5 Å². The number of carbonyl (C=O) groups is 3. The number of hydrazine groups is 1. The Morgan fingerprint density at radius 2 is 1.83 bits per heavy atom. The van der Waals surface area contributed by atoms with Crippen LogP contribution in [0.1, 0.15) is 57.9 Å². The molecular weight excluding hydrogens is 538 g/mol. The van der Waals surface area contributed by atoms with Crippen molar-refractivity contribution < 1.29 is 28.6 Å². The number of aromatic amines is 1. The molecule has 1 fully saturated rings. The van der Waals surface area contributed by atoms with Crippen molar-refractivity contribution in [3.8, 4) is 11.5 Å². The fourth-order valence-electron chi connectivity index (χ4n) is 5.67. The van der Waals surface area contributed by atoms with E-state index in [1.165, 1.54) is 5.01 Å². The number of methoxy groups -OCH3 is 1. The maximum atomic E-state index is 13.3. The zero-order valence-corrected chi connectivity index (χ0v) is 24.4. The summed E-state index contributed by atoms with van der Waals surface area (Å²) >= 11 is 0. The molecule has 3 aromatic rings. The van der Waals surface area contributed by atoms with Gasteiger partial charge in [-0.1, -0.05) is 30.3 Å². The quantitative estimate of drug-likeness (QED) is 0.270. The third-order valence-electron chi connectivity index (χ3n) is 8.17. The van der Waals surface area contributed by atoms with E-state index < -0.39 is 0 Å². The molecule has 11 heteroatoms. The smallest absolute Gasteiger partial charge is 0.424 e. The van der Waals surface area contributed by atoms with Crippen LogP contribution in [0.2, 0.25) is 0 Å². The standard InChI is InChI=1S/C31H37N5O6/c1-35(2)36(3)31(39)42-22-11-10-20(12-22)26-15-29(34-33-26)32-30(38)21-13-23-24(14-21)27(40-4)16-28(25(23)17-37)41-18-19-8-6-5-7-9-19/h5-9,15-17,20-22H,10-14,18H2,1-4H3,(H2,32,33,34,38)/t20-,21?,22+/m0/s1. The Balaban J connectivity index is 1.21. The van der Waals surface area contributed by atoms with Gasteiger partial charge in [-0.15, -0.1) is 0 Å². The van der Waals surface area contributed by atoms with Crippen LogP contribution >= 0.6 is 0 Å². The first-order chi connectivity index (χ1) is 20.3. The van der Waals surface area contributed by atoms with Gasteiger partial charge >= 0.3 is 6.09 Å². The number of benzene rings is 2. The summed E-state index contributed by atoms with van der Waals surface area (Å²) in [6.45, 7) is 0.312. The molecule has 0 spiro atoms. The molecule has 3 atom stereocenters. The summed E-state index contributed by atoms with van der Waals surface area (Å²) < 4.78 is 17.3. The fourth-order valence-corrected chi connectivity index (χ4v) is 5.67. The number of fused-ring (bicyclic) bond motifs is 1. The molecule has 1 heterocycles. The van der Waals surface area contributed by atoms with E-state index in [0.717, 1.165) is 41.5 Å². The number of carbonyl (C=O) groups excluding carboxylic acids is 3. The summed E-state index contributed by atoms with van der Waals surface area (Å²) in [7, 11) is 6.79. The second kappa shape index (κ2) is 12.6. The molecule has 42 heavy (non-hydrogen) atoms. The van der Waals surface area contributed by atoms with E-state index in [0.29, 0.717) is 48.7 Å². The minimum absolute atomic E-state index is 0.148. The number of hydrogen-bond donors (Lipinski definition) is 2. The number of hydrogen-bond acceptors (Lipinski definition) is 8. The molecular formula is C31H37N5O6. The van der Waals surface area contributed by atoms with Gasteiger partial charge in [-0.2, -0.15) is 5.10 Å². The van der Waals surface area contributed by atoms with E-state index in [9.17, 15) is 14.4 Å². The zero-order chi connectivity index (χ0) is 29.8. The number of nitrogens with one attached hydrogen (secondary N) is 2. The van der Waals surface area contributed by atoms with Crippen molar-refractivity contribution in [2.24, 2.45) is 5.92 Å². The van der Waals surface area contributed by atoms with Crippen LogP contribution in [0.15, 0.2) is 42.5 Å². The maximum absolute atomic E-state index is 13.3. The molecule has 2 aromatic carbocycles. The summed E-state index contributed by atoms with van der Waals surface area (Å²) in [4.78, 5) is 37.7. The third kappa shape index (κ3) is 6.25. The second-order valence-electron chi connectivity index (χ2n) is 11.0. The molecule has 222 valence electrons. The number of anilines is 1. The van der Waals surface area contributed by atoms with Gasteiger partial charge < -0.3 is 19.5 Å². The fraction of sp³-hybridized carbons (Fsp3) is 0.419. The van der Waals surface area contributed by atoms with Crippen molar-refractivity contribution in [1.82, 2.24) is 20.2 Å². The highest BCUT2D eigenvalue weighted by molar-refractivity contribution is 5.94. The lowest BCUT2D eigenvalue weighted by atomic mass is 10.0. The van der Waals surface area contributed by atoms with E-state index in [1.807, 2.05) is 36.4 Å². The van der Waals surface area contributed by atoms with Gasteiger partial charge in [-0.05, 0) is 48.8 Å². The number of rotatable bonds is 10. The van der Waals surface area contributed by atoms with Gasteiger partial charge in [0.15, 0.2) is 12.1 Å². The number of H-pyrrole nitrogens is 1. The van der Waals surface area contributed by atoms with Crippen LogP contribution in [0.25, 0.3) is 0 Å². The first kappa shape index (κ1) is 29.1. The number of amides is 2. The Bertz CT molecular complexity index is 1440. The van der Waals surface area contributed by atoms with E-state index in [2.05, 4.69) is 15.5 Å². The van der Waals surface area contributed by atoms with Gasteiger partial charge in [0, 0.05) is 50.8 Å². The van der Waals surface area contributed by atoms with Crippen LogP contribution in [0, 0.1) is 5.92 Å². The lowest BCUT2D eigenvalue weighted by molar-refractivity contribution is -0.119. The molecule has 1 unspecified atom stereocenters. The highest BCUT2D eigenvalue weighted by Gasteiger charge is 2.35. The topological polar surface area (TPSA) is 126 Å². The zero-order valence-electron chi connectivity index (χ0n) is 24.4. The molecule has 1 aromatic heterocycles. The molecule has 11 nitrogen and oxygen atoms in total. The second-order valence-corrected chi connectivity index (χ2v) is 11.0. The minimum atomic E-state index is -0.388. The first-order valence-corrected chi connectivity index (χ1v) is 14.1. The lowest BCUT2D eigenvalue weighted by Crippen LogP contribution is -2.40. The molecule has 2 amide bonds. The third-order valence-corrected chi connectivity index (χ3v) is 8.17. The lowest BCUT2D eigenvalue weighted by Gasteiger charge is -2.25. The van der Waals surface area contributed by atoms with Gasteiger partial charge in [-0.3, -0.25) is 14.7 Å². The average molecular weight is 576 g/mol. The largest absolute Gasteiger partial charge is 0.496 e. The predicted octanol–water partition coefficient (Wildman–Crippen LogP) is 4.34. The van der Waals surface area contributed by atoms with Crippen molar-refractivity contribution in [2.75, 3.05) is 33.6 Å². The molecule has 2 aliphatic rings.